The summed E-state index contributed by atoms with van der Waals surface area (Å²) in [6, 6.07) is 2.50. The monoisotopic (exact) mass is 349 g/mol. The minimum absolute atomic E-state index is 0. The van der Waals surface area contributed by atoms with Crippen molar-refractivity contribution in [3.8, 4) is 0 Å². The van der Waals surface area contributed by atoms with E-state index in [4.69, 9.17) is 5.73 Å². The highest BCUT2D eigenvalue weighted by Gasteiger charge is 2.31. The molecule has 1 unspecified atom stereocenters. The second kappa shape index (κ2) is 6.91. The number of hydrogen-bond donors (Lipinski definition) is 1. The molecule has 1 aromatic carbocycles. The summed E-state index contributed by atoms with van der Waals surface area (Å²) in [7, 11) is -3.75. The van der Waals surface area contributed by atoms with Gasteiger partial charge in [-0.05, 0) is 38.3 Å². The molecule has 22 heavy (non-hydrogen) atoms. The predicted molar refractivity (Wildman–Crippen MR) is 85.8 cm³/mol. The van der Waals surface area contributed by atoms with E-state index in [1.165, 1.54) is 10.4 Å². The largest absolute Gasteiger partial charge is 0.327 e. The maximum atomic E-state index is 12.7. The van der Waals surface area contributed by atoms with Gasteiger partial charge in [0.2, 0.25) is 10.0 Å². The van der Waals surface area contributed by atoms with Crippen molar-refractivity contribution in [2.75, 3.05) is 13.1 Å². The summed E-state index contributed by atoms with van der Waals surface area (Å²) in [6.45, 7) is 3.90. The van der Waals surface area contributed by atoms with Crippen LogP contribution >= 0.6 is 12.4 Å². The molecule has 1 saturated heterocycles. The fourth-order valence-electron chi connectivity index (χ4n) is 2.63. The predicted octanol–water partition coefficient (Wildman–Crippen LogP) is 1.75. The highest BCUT2D eigenvalue weighted by Crippen LogP contribution is 2.29. The first-order valence-corrected chi connectivity index (χ1v) is 8.19. The molecule has 1 aliphatic rings. The molecule has 124 valence electrons. The first-order chi connectivity index (χ1) is 9.73. The van der Waals surface area contributed by atoms with Crippen LogP contribution in [0.1, 0.15) is 24.0 Å². The van der Waals surface area contributed by atoms with Gasteiger partial charge in [-0.2, -0.15) is 4.31 Å². The molecular formula is C13H20ClN3O4S. The van der Waals surface area contributed by atoms with Crippen molar-refractivity contribution in [2.45, 2.75) is 37.6 Å². The zero-order valence-electron chi connectivity index (χ0n) is 12.5. The lowest BCUT2D eigenvalue weighted by molar-refractivity contribution is -0.385. The topological polar surface area (TPSA) is 107 Å². The number of nitrogens with zero attached hydrogens (tertiary/aromatic N) is 2. The van der Waals surface area contributed by atoms with Crippen molar-refractivity contribution in [3.05, 3.63) is 33.4 Å². The Labute approximate surface area is 136 Å². The van der Waals surface area contributed by atoms with Crippen molar-refractivity contribution < 1.29 is 13.3 Å². The molecule has 2 N–H and O–H groups in total. The van der Waals surface area contributed by atoms with Crippen molar-refractivity contribution in [3.63, 3.8) is 0 Å². The van der Waals surface area contributed by atoms with Gasteiger partial charge in [0.05, 0.1) is 9.82 Å². The van der Waals surface area contributed by atoms with E-state index in [-0.39, 0.29) is 35.6 Å². The number of hydrogen-bond acceptors (Lipinski definition) is 5. The van der Waals surface area contributed by atoms with E-state index in [2.05, 4.69) is 0 Å². The van der Waals surface area contributed by atoms with Gasteiger partial charge in [0, 0.05) is 30.8 Å². The second-order valence-corrected chi connectivity index (χ2v) is 7.33. The lowest BCUT2D eigenvalue weighted by atomic mass is 10.1. The Balaban J connectivity index is 0.00000242. The van der Waals surface area contributed by atoms with Crippen molar-refractivity contribution >= 4 is 28.1 Å². The standard InChI is InChI=1S/C13H19N3O4S.ClH/c1-9-6-10(2)13(7-12(9)16(17)18)21(19,20)15-5-3-4-11(14)8-15;/h6-7,11H,3-5,8,14H2,1-2H3;1H. The van der Waals surface area contributed by atoms with Crippen LogP contribution in [0.3, 0.4) is 0 Å². The molecule has 9 heteroatoms. The Kier molecular flexibility index (Phi) is 5.91. The van der Waals surface area contributed by atoms with E-state index >= 15 is 0 Å². The lowest BCUT2D eigenvalue weighted by Gasteiger charge is -2.30. The molecule has 1 aromatic rings. The normalized spacial score (nSPS) is 19.5. The summed E-state index contributed by atoms with van der Waals surface area (Å²) in [5.41, 5.74) is 6.61. The van der Waals surface area contributed by atoms with Gasteiger partial charge >= 0.3 is 0 Å². The molecule has 1 heterocycles. The van der Waals surface area contributed by atoms with E-state index < -0.39 is 14.9 Å². The molecule has 7 nitrogen and oxygen atoms in total. The van der Waals surface area contributed by atoms with Crippen molar-refractivity contribution in [1.29, 1.82) is 0 Å². The van der Waals surface area contributed by atoms with Crippen LogP contribution in [-0.2, 0) is 10.0 Å². The number of nitro benzene ring substituents is 1. The fraction of sp³-hybridized carbons (Fsp3) is 0.538. The van der Waals surface area contributed by atoms with Gasteiger partial charge in [-0.1, -0.05) is 0 Å². The molecule has 0 radical (unpaired) electrons. The van der Waals surface area contributed by atoms with Gasteiger partial charge in [-0.25, -0.2) is 8.42 Å². The first-order valence-electron chi connectivity index (χ1n) is 6.75. The number of nitro groups is 1. The smallest absolute Gasteiger partial charge is 0.273 e. The SMILES string of the molecule is Cc1cc(C)c(S(=O)(=O)N2CCCC(N)C2)cc1[N+](=O)[O-].Cl. The number of rotatable bonds is 3. The number of sulfonamides is 1. The van der Waals surface area contributed by atoms with Crippen LogP contribution in [0.4, 0.5) is 5.69 Å². The molecule has 2 rings (SSSR count). The minimum Gasteiger partial charge on any atom is -0.327 e. The highest BCUT2D eigenvalue weighted by atomic mass is 35.5. The van der Waals surface area contributed by atoms with E-state index in [9.17, 15) is 18.5 Å². The molecule has 1 fully saturated rings. The zero-order valence-corrected chi connectivity index (χ0v) is 14.1. The third-order valence-electron chi connectivity index (χ3n) is 3.73. The van der Waals surface area contributed by atoms with Crippen LogP contribution < -0.4 is 5.73 Å². The van der Waals surface area contributed by atoms with E-state index in [0.717, 1.165) is 12.5 Å². The van der Waals surface area contributed by atoms with Crippen molar-refractivity contribution in [1.82, 2.24) is 4.31 Å². The molecule has 0 bridgehead atoms. The van der Waals surface area contributed by atoms with Crippen LogP contribution in [0.25, 0.3) is 0 Å². The van der Waals surface area contributed by atoms with Crippen LogP contribution in [0.5, 0.6) is 0 Å². The average Bonchev–Trinajstić information content (AvgIpc) is 2.37. The third-order valence-corrected chi connectivity index (χ3v) is 5.74. The molecule has 0 aliphatic carbocycles. The van der Waals surface area contributed by atoms with Gasteiger partial charge in [-0.15, -0.1) is 12.4 Å². The number of piperidine rings is 1. The summed E-state index contributed by atoms with van der Waals surface area (Å²) in [4.78, 5) is 10.5. The van der Waals surface area contributed by atoms with Crippen molar-refractivity contribution in [2.24, 2.45) is 5.73 Å². The Hall–Kier alpha value is -1.22. The minimum atomic E-state index is -3.75. The van der Waals surface area contributed by atoms with Crippen LogP contribution in [0.2, 0.25) is 0 Å². The Morgan fingerprint density at radius 1 is 1.32 bits per heavy atom. The molecule has 0 amide bonds. The Morgan fingerprint density at radius 2 is 1.95 bits per heavy atom. The van der Waals surface area contributed by atoms with Crippen LogP contribution in [0, 0.1) is 24.0 Å². The molecule has 0 spiro atoms. The summed E-state index contributed by atoms with van der Waals surface area (Å²) >= 11 is 0. The average molecular weight is 350 g/mol. The van der Waals surface area contributed by atoms with Gasteiger partial charge in [-0.3, -0.25) is 10.1 Å². The summed E-state index contributed by atoms with van der Waals surface area (Å²) in [5, 5.41) is 11.0. The van der Waals surface area contributed by atoms with Gasteiger partial charge in [0.15, 0.2) is 0 Å². The summed E-state index contributed by atoms with van der Waals surface area (Å²) in [6.07, 6.45) is 1.49. The number of halogens is 1. The van der Waals surface area contributed by atoms with E-state index in [1.54, 1.807) is 13.8 Å². The van der Waals surface area contributed by atoms with E-state index in [1.807, 2.05) is 0 Å². The molecule has 0 saturated carbocycles. The highest BCUT2D eigenvalue weighted by molar-refractivity contribution is 7.89. The maximum absolute atomic E-state index is 12.7. The molecular weight excluding hydrogens is 330 g/mol. The lowest BCUT2D eigenvalue weighted by Crippen LogP contribution is -2.45. The first kappa shape index (κ1) is 18.8. The Bertz CT molecular complexity index is 678. The number of nitrogens with two attached hydrogens (primary N) is 1. The quantitative estimate of drug-likeness (QED) is 0.660. The van der Waals surface area contributed by atoms with Gasteiger partial charge in [0.25, 0.3) is 5.69 Å². The number of benzene rings is 1. The van der Waals surface area contributed by atoms with Crippen LogP contribution in [-0.4, -0.2) is 36.8 Å². The summed E-state index contributed by atoms with van der Waals surface area (Å²) in [5.74, 6) is 0. The molecule has 1 atom stereocenters. The Morgan fingerprint density at radius 3 is 2.50 bits per heavy atom. The summed E-state index contributed by atoms with van der Waals surface area (Å²) < 4.78 is 26.7. The van der Waals surface area contributed by atoms with E-state index in [0.29, 0.717) is 24.1 Å². The molecule has 1 aliphatic heterocycles. The fourth-order valence-corrected chi connectivity index (χ4v) is 4.39. The number of aryl methyl sites for hydroxylation is 2. The maximum Gasteiger partial charge on any atom is 0.273 e. The van der Waals surface area contributed by atoms with Crippen LogP contribution in [0.15, 0.2) is 17.0 Å². The third kappa shape index (κ3) is 3.57. The molecule has 0 aromatic heterocycles. The zero-order chi connectivity index (χ0) is 15.8. The second-order valence-electron chi connectivity index (χ2n) is 5.43. The van der Waals surface area contributed by atoms with Gasteiger partial charge < -0.3 is 5.73 Å². The van der Waals surface area contributed by atoms with Gasteiger partial charge in [0.1, 0.15) is 0 Å².